The van der Waals surface area contributed by atoms with Gasteiger partial charge in [0.05, 0.1) is 24.6 Å². The maximum absolute atomic E-state index is 13.0. The highest BCUT2D eigenvalue weighted by molar-refractivity contribution is 6.12. The van der Waals surface area contributed by atoms with Gasteiger partial charge in [-0.1, -0.05) is 44.2 Å². The number of para-hydroxylation sites is 1. The zero-order valence-electron chi connectivity index (χ0n) is 17.8. The van der Waals surface area contributed by atoms with Gasteiger partial charge in [-0.25, -0.2) is 0 Å². The maximum atomic E-state index is 13.0. The van der Waals surface area contributed by atoms with Crippen molar-refractivity contribution in [2.75, 3.05) is 19.0 Å². The molecule has 0 aliphatic carbocycles. The third kappa shape index (κ3) is 5.66. The van der Waals surface area contributed by atoms with Crippen molar-refractivity contribution in [2.45, 2.75) is 26.2 Å². The first-order valence-electron chi connectivity index (χ1n) is 10.0. The average molecular weight is 419 g/mol. The van der Waals surface area contributed by atoms with Gasteiger partial charge in [0.25, 0.3) is 5.91 Å². The number of fused-ring (bicyclic) bond motifs is 1. The predicted molar refractivity (Wildman–Crippen MR) is 119 cm³/mol. The number of nitrogens with one attached hydrogen (secondary N) is 2. The number of benzene rings is 2. The monoisotopic (exact) mass is 419 g/mol. The van der Waals surface area contributed by atoms with Crippen LogP contribution in [-0.2, 0) is 20.7 Å². The molecule has 1 aromatic heterocycles. The molecule has 0 atom stereocenters. The lowest BCUT2D eigenvalue weighted by atomic mass is 10.0. The number of ether oxygens (including phenoxy) is 1. The number of pyridine rings is 1. The standard InChI is InChI=1S/C24H25N3O4/c1-15(2)21-13-19(18-6-4-5-7-20(18)27-21)24(30)26-17-10-8-16(9-11-17)12-22(28)25-14-23(29)31-3/h4-11,13,15H,12,14H2,1-3H3,(H,25,28)(H,26,30). The number of amides is 2. The van der Waals surface area contributed by atoms with E-state index in [2.05, 4.69) is 20.4 Å². The summed E-state index contributed by atoms with van der Waals surface area (Å²) in [4.78, 5) is 40.6. The van der Waals surface area contributed by atoms with Crippen molar-refractivity contribution in [1.29, 1.82) is 0 Å². The van der Waals surface area contributed by atoms with Gasteiger partial charge in [0.15, 0.2) is 0 Å². The Balaban J connectivity index is 1.71. The summed E-state index contributed by atoms with van der Waals surface area (Å²) in [5.41, 5.74) is 3.59. The van der Waals surface area contributed by atoms with Crippen molar-refractivity contribution >= 4 is 34.4 Å². The number of anilines is 1. The molecular weight excluding hydrogens is 394 g/mol. The van der Waals surface area contributed by atoms with Crippen LogP contribution < -0.4 is 10.6 Å². The molecule has 7 heteroatoms. The van der Waals surface area contributed by atoms with Crippen LogP contribution in [0.4, 0.5) is 5.69 Å². The molecule has 1 heterocycles. The molecule has 31 heavy (non-hydrogen) atoms. The molecule has 2 N–H and O–H groups in total. The molecule has 0 bridgehead atoms. The van der Waals surface area contributed by atoms with Gasteiger partial charge >= 0.3 is 5.97 Å². The minimum Gasteiger partial charge on any atom is -0.468 e. The number of carbonyl (C=O) groups excluding carboxylic acids is 3. The summed E-state index contributed by atoms with van der Waals surface area (Å²) in [6, 6.07) is 16.4. The topological polar surface area (TPSA) is 97.4 Å². The third-order valence-electron chi connectivity index (χ3n) is 4.81. The first kappa shape index (κ1) is 22.0. The summed E-state index contributed by atoms with van der Waals surface area (Å²) in [5, 5.41) is 6.20. The summed E-state index contributed by atoms with van der Waals surface area (Å²) in [7, 11) is 1.26. The fourth-order valence-electron chi connectivity index (χ4n) is 3.07. The Kier molecular flexibility index (Phi) is 6.97. The Morgan fingerprint density at radius 1 is 1.03 bits per heavy atom. The molecule has 0 aliphatic rings. The molecule has 0 aliphatic heterocycles. The van der Waals surface area contributed by atoms with E-state index < -0.39 is 5.97 Å². The number of esters is 1. The molecule has 0 fully saturated rings. The lowest BCUT2D eigenvalue weighted by Crippen LogP contribution is -2.31. The van der Waals surface area contributed by atoms with Gasteiger partial charge in [0, 0.05) is 16.8 Å². The second kappa shape index (κ2) is 9.84. The fraction of sp³-hybridized carbons (Fsp3) is 0.250. The van der Waals surface area contributed by atoms with Gasteiger partial charge in [-0.2, -0.15) is 0 Å². The third-order valence-corrected chi connectivity index (χ3v) is 4.81. The van der Waals surface area contributed by atoms with Crippen LogP contribution in [-0.4, -0.2) is 36.4 Å². The Morgan fingerprint density at radius 2 is 1.74 bits per heavy atom. The van der Waals surface area contributed by atoms with E-state index in [1.165, 1.54) is 7.11 Å². The van der Waals surface area contributed by atoms with E-state index in [0.717, 1.165) is 22.2 Å². The second-order valence-corrected chi connectivity index (χ2v) is 7.45. The normalized spacial score (nSPS) is 10.7. The van der Waals surface area contributed by atoms with Crippen molar-refractivity contribution < 1.29 is 19.1 Å². The molecule has 3 rings (SSSR count). The smallest absolute Gasteiger partial charge is 0.325 e. The summed E-state index contributed by atoms with van der Waals surface area (Å²) >= 11 is 0. The number of hydrogen-bond acceptors (Lipinski definition) is 5. The van der Waals surface area contributed by atoms with Crippen LogP contribution in [0.25, 0.3) is 10.9 Å². The minimum atomic E-state index is -0.504. The average Bonchev–Trinajstić information content (AvgIpc) is 2.77. The van der Waals surface area contributed by atoms with Gasteiger partial charge in [-0.3, -0.25) is 19.4 Å². The highest BCUT2D eigenvalue weighted by Crippen LogP contribution is 2.23. The van der Waals surface area contributed by atoms with E-state index in [1.807, 2.05) is 44.2 Å². The van der Waals surface area contributed by atoms with Crippen LogP contribution >= 0.6 is 0 Å². The van der Waals surface area contributed by atoms with Gasteiger partial charge in [-0.15, -0.1) is 0 Å². The van der Waals surface area contributed by atoms with E-state index in [9.17, 15) is 14.4 Å². The molecule has 0 radical (unpaired) electrons. The van der Waals surface area contributed by atoms with Crippen molar-refractivity contribution in [1.82, 2.24) is 10.3 Å². The minimum absolute atomic E-state index is 0.123. The van der Waals surface area contributed by atoms with Crippen molar-refractivity contribution in [3.8, 4) is 0 Å². The molecule has 0 saturated carbocycles. The van der Waals surface area contributed by atoms with Crippen molar-refractivity contribution in [3.05, 3.63) is 71.4 Å². The lowest BCUT2D eigenvalue weighted by molar-refractivity contribution is -0.141. The molecule has 7 nitrogen and oxygen atoms in total. The van der Waals surface area contributed by atoms with E-state index in [4.69, 9.17) is 0 Å². The van der Waals surface area contributed by atoms with Gasteiger partial charge in [-0.05, 0) is 35.7 Å². The molecule has 2 aromatic carbocycles. The molecule has 0 saturated heterocycles. The zero-order valence-corrected chi connectivity index (χ0v) is 17.8. The Morgan fingerprint density at radius 3 is 2.42 bits per heavy atom. The van der Waals surface area contributed by atoms with Crippen LogP contribution in [0.1, 0.15) is 41.4 Å². The molecule has 3 aromatic rings. The number of methoxy groups -OCH3 is 1. The Hall–Kier alpha value is -3.74. The highest BCUT2D eigenvalue weighted by Gasteiger charge is 2.15. The van der Waals surface area contributed by atoms with Gasteiger partial charge in [0.2, 0.25) is 5.91 Å². The lowest BCUT2D eigenvalue weighted by Gasteiger charge is -2.12. The second-order valence-electron chi connectivity index (χ2n) is 7.45. The Labute approximate surface area is 180 Å². The summed E-state index contributed by atoms with van der Waals surface area (Å²) in [5.74, 6) is -0.813. The number of carbonyl (C=O) groups is 3. The first-order chi connectivity index (χ1) is 14.9. The maximum Gasteiger partial charge on any atom is 0.325 e. The largest absolute Gasteiger partial charge is 0.468 e. The molecule has 160 valence electrons. The van der Waals surface area contributed by atoms with Gasteiger partial charge < -0.3 is 15.4 Å². The van der Waals surface area contributed by atoms with E-state index in [0.29, 0.717) is 11.3 Å². The molecule has 0 spiro atoms. The van der Waals surface area contributed by atoms with Crippen LogP contribution in [0.5, 0.6) is 0 Å². The predicted octanol–water partition coefficient (Wildman–Crippen LogP) is 3.44. The molecule has 2 amide bonds. The number of aromatic nitrogens is 1. The fourth-order valence-corrected chi connectivity index (χ4v) is 3.07. The van der Waals surface area contributed by atoms with Gasteiger partial charge in [0.1, 0.15) is 6.54 Å². The van der Waals surface area contributed by atoms with Crippen LogP contribution in [0.3, 0.4) is 0 Å². The summed E-state index contributed by atoms with van der Waals surface area (Å²) in [6.45, 7) is 3.92. The number of nitrogens with zero attached hydrogens (tertiary/aromatic N) is 1. The summed E-state index contributed by atoms with van der Waals surface area (Å²) < 4.78 is 4.49. The Bertz CT molecular complexity index is 1110. The van der Waals surface area contributed by atoms with E-state index in [-0.39, 0.29) is 30.7 Å². The van der Waals surface area contributed by atoms with Crippen LogP contribution in [0.15, 0.2) is 54.6 Å². The summed E-state index contributed by atoms with van der Waals surface area (Å²) in [6.07, 6.45) is 0.123. The first-order valence-corrected chi connectivity index (χ1v) is 10.0. The SMILES string of the molecule is COC(=O)CNC(=O)Cc1ccc(NC(=O)c2cc(C(C)C)nc3ccccc23)cc1. The highest BCUT2D eigenvalue weighted by atomic mass is 16.5. The molecule has 0 unspecified atom stereocenters. The van der Waals surface area contributed by atoms with Crippen molar-refractivity contribution in [2.24, 2.45) is 0 Å². The molecular formula is C24H25N3O4. The van der Waals surface area contributed by atoms with Crippen molar-refractivity contribution in [3.63, 3.8) is 0 Å². The quantitative estimate of drug-likeness (QED) is 0.572. The van der Waals surface area contributed by atoms with Crippen LogP contribution in [0, 0.1) is 0 Å². The van der Waals surface area contributed by atoms with E-state index >= 15 is 0 Å². The van der Waals surface area contributed by atoms with E-state index in [1.54, 1.807) is 24.3 Å². The zero-order chi connectivity index (χ0) is 22.4. The number of hydrogen-bond donors (Lipinski definition) is 2. The number of rotatable bonds is 7. The van der Waals surface area contributed by atoms with Crippen LogP contribution in [0.2, 0.25) is 0 Å².